The summed E-state index contributed by atoms with van der Waals surface area (Å²) in [6.45, 7) is 6.78. The van der Waals surface area contributed by atoms with E-state index in [0.717, 1.165) is 10.9 Å². The van der Waals surface area contributed by atoms with Crippen molar-refractivity contribution in [1.82, 2.24) is 4.57 Å². The molecule has 0 unspecified atom stereocenters. The third-order valence-corrected chi connectivity index (χ3v) is 4.37. The van der Waals surface area contributed by atoms with Crippen LogP contribution in [0.5, 0.6) is 0 Å². The molecule has 0 fully saturated rings. The largest absolute Gasteiger partial charge is 0.478 e. The minimum atomic E-state index is -0.970. The molecular weight excluding hydrogens is 314 g/mol. The number of hydrogen-bond donors (Lipinski definition) is 1. The van der Waals surface area contributed by atoms with Crippen LogP contribution in [0, 0.1) is 0 Å². The lowest BCUT2D eigenvalue weighted by atomic mass is 9.86. The molecule has 0 spiro atoms. The number of nitrogens with zero attached hydrogens (tertiary/aromatic N) is 1. The quantitative estimate of drug-likeness (QED) is 0.785. The molecule has 1 aromatic heterocycles. The molecular formula is C21H21NO3. The van der Waals surface area contributed by atoms with Crippen molar-refractivity contribution in [2.75, 3.05) is 0 Å². The summed E-state index contributed by atoms with van der Waals surface area (Å²) in [7, 11) is 0. The highest BCUT2D eigenvalue weighted by Gasteiger charge is 2.14. The van der Waals surface area contributed by atoms with Crippen LogP contribution >= 0.6 is 0 Å². The molecule has 0 aliphatic carbocycles. The third kappa shape index (κ3) is 3.48. The zero-order chi connectivity index (χ0) is 18.2. The number of carboxylic acid groups (broad SMARTS) is 1. The van der Waals surface area contributed by atoms with Gasteiger partial charge in [0, 0.05) is 11.6 Å². The van der Waals surface area contributed by atoms with Crippen LogP contribution in [0.3, 0.4) is 0 Å². The van der Waals surface area contributed by atoms with Gasteiger partial charge in [-0.25, -0.2) is 4.79 Å². The fourth-order valence-electron chi connectivity index (χ4n) is 2.88. The summed E-state index contributed by atoms with van der Waals surface area (Å²) in [6.07, 6.45) is 1.77. The van der Waals surface area contributed by atoms with E-state index in [1.807, 2.05) is 24.3 Å². The molecule has 0 bridgehead atoms. The van der Waals surface area contributed by atoms with Crippen molar-refractivity contribution in [2.24, 2.45) is 0 Å². The van der Waals surface area contributed by atoms with Crippen LogP contribution in [0.25, 0.3) is 10.8 Å². The molecule has 4 nitrogen and oxygen atoms in total. The summed E-state index contributed by atoms with van der Waals surface area (Å²) >= 11 is 0. The number of rotatable bonds is 3. The number of carboxylic acids is 1. The first-order chi connectivity index (χ1) is 11.8. The highest BCUT2D eigenvalue weighted by Crippen LogP contribution is 2.25. The highest BCUT2D eigenvalue weighted by molar-refractivity contribution is 5.87. The summed E-state index contributed by atoms with van der Waals surface area (Å²) in [4.78, 5) is 23.9. The van der Waals surface area contributed by atoms with E-state index in [4.69, 9.17) is 5.11 Å². The van der Waals surface area contributed by atoms with E-state index < -0.39 is 5.97 Å². The summed E-state index contributed by atoms with van der Waals surface area (Å²) < 4.78 is 1.61. The average Bonchev–Trinajstić information content (AvgIpc) is 2.56. The molecule has 128 valence electrons. The van der Waals surface area contributed by atoms with Crippen LogP contribution in [-0.4, -0.2) is 15.6 Å². The minimum Gasteiger partial charge on any atom is -0.478 e. The van der Waals surface area contributed by atoms with E-state index in [2.05, 4.69) is 26.8 Å². The number of hydrogen-bond acceptors (Lipinski definition) is 2. The number of aromatic carboxylic acids is 1. The van der Waals surface area contributed by atoms with Crippen LogP contribution in [-0.2, 0) is 12.0 Å². The Bertz CT molecular complexity index is 1010. The van der Waals surface area contributed by atoms with Crippen molar-refractivity contribution < 1.29 is 9.90 Å². The van der Waals surface area contributed by atoms with E-state index in [-0.39, 0.29) is 16.5 Å². The molecule has 0 amide bonds. The molecule has 0 radical (unpaired) electrons. The molecule has 0 aliphatic rings. The minimum absolute atomic E-state index is 0.0281. The van der Waals surface area contributed by atoms with Crippen molar-refractivity contribution in [3.8, 4) is 0 Å². The van der Waals surface area contributed by atoms with Gasteiger partial charge in [0.2, 0.25) is 0 Å². The maximum Gasteiger partial charge on any atom is 0.335 e. The average molecular weight is 335 g/mol. The second-order valence-electron chi connectivity index (χ2n) is 7.31. The van der Waals surface area contributed by atoms with Crippen LogP contribution < -0.4 is 5.56 Å². The predicted octanol–water partition coefficient (Wildman–Crippen LogP) is 4.05. The van der Waals surface area contributed by atoms with Gasteiger partial charge in [-0.2, -0.15) is 0 Å². The first-order valence-corrected chi connectivity index (χ1v) is 8.21. The van der Waals surface area contributed by atoms with Gasteiger partial charge in [0.05, 0.1) is 12.1 Å². The van der Waals surface area contributed by atoms with Gasteiger partial charge in [0.1, 0.15) is 0 Å². The zero-order valence-electron chi connectivity index (χ0n) is 14.6. The summed E-state index contributed by atoms with van der Waals surface area (Å²) in [6, 6.07) is 14.5. The number of aromatic nitrogens is 1. The predicted molar refractivity (Wildman–Crippen MR) is 99.4 cm³/mol. The lowest BCUT2D eigenvalue weighted by Crippen LogP contribution is -2.20. The Kier molecular flexibility index (Phi) is 4.21. The monoisotopic (exact) mass is 335 g/mol. The van der Waals surface area contributed by atoms with Gasteiger partial charge in [0.25, 0.3) is 5.56 Å². The van der Waals surface area contributed by atoms with E-state index in [9.17, 15) is 9.59 Å². The molecule has 0 saturated heterocycles. The maximum atomic E-state index is 12.8. The summed E-state index contributed by atoms with van der Waals surface area (Å²) in [5.41, 5.74) is 2.15. The van der Waals surface area contributed by atoms with Gasteiger partial charge >= 0.3 is 5.97 Å². The Morgan fingerprint density at radius 2 is 1.84 bits per heavy atom. The number of benzene rings is 2. The highest BCUT2D eigenvalue weighted by atomic mass is 16.4. The third-order valence-electron chi connectivity index (χ3n) is 4.37. The van der Waals surface area contributed by atoms with E-state index in [0.29, 0.717) is 11.9 Å². The lowest BCUT2D eigenvalue weighted by molar-refractivity contribution is 0.0696. The second-order valence-corrected chi connectivity index (χ2v) is 7.31. The fraction of sp³-hybridized carbons (Fsp3) is 0.238. The van der Waals surface area contributed by atoms with Gasteiger partial charge < -0.3 is 9.67 Å². The summed E-state index contributed by atoms with van der Waals surface area (Å²) in [5.74, 6) is -0.970. The van der Waals surface area contributed by atoms with Crippen molar-refractivity contribution in [3.63, 3.8) is 0 Å². The molecule has 2 aromatic carbocycles. The lowest BCUT2D eigenvalue weighted by Gasteiger charge is -2.19. The van der Waals surface area contributed by atoms with Crippen LogP contribution in [0.15, 0.2) is 59.5 Å². The molecule has 25 heavy (non-hydrogen) atoms. The van der Waals surface area contributed by atoms with Gasteiger partial charge in [0.15, 0.2) is 0 Å². The number of fused-ring (bicyclic) bond motifs is 1. The van der Waals surface area contributed by atoms with E-state index >= 15 is 0 Å². The van der Waals surface area contributed by atoms with Crippen molar-refractivity contribution in [2.45, 2.75) is 32.7 Å². The molecule has 0 atom stereocenters. The van der Waals surface area contributed by atoms with Gasteiger partial charge in [-0.15, -0.1) is 0 Å². The molecule has 3 aromatic rings. The van der Waals surface area contributed by atoms with Gasteiger partial charge in [-0.1, -0.05) is 45.0 Å². The molecule has 3 rings (SSSR count). The normalized spacial score (nSPS) is 11.6. The van der Waals surface area contributed by atoms with Crippen molar-refractivity contribution in [3.05, 3.63) is 81.8 Å². The molecule has 1 heterocycles. The first kappa shape index (κ1) is 17.0. The molecule has 4 heteroatoms. The van der Waals surface area contributed by atoms with E-state index in [1.54, 1.807) is 29.0 Å². The Morgan fingerprint density at radius 3 is 2.52 bits per heavy atom. The SMILES string of the molecule is CC(C)(C)c1ccc2c(=O)n(Cc3cccc(C(=O)O)c3)ccc2c1. The molecule has 1 N–H and O–H groups in total. The van der Waals surface area contributed by atoms with Crippen LogP contribution in [0.2, 0.25) is 0 Å². The first-order valence-electron chi connectivity index (χ1n) is 8.21. The smallest absolute Gasteiger partial charge is 0.335 e. The molecule has 0 aliphatic heterocycles. The van der Waals surface area contributed by atoms with Crippen molar-refractivity contribution >= 4 is 16.7 Å². The molecule has 0 saturated carbocycles. The number of carbonyl (C=O) groups is 1. The van der Waals surface area contributed by atoms with E-state index in [1.165, 1.54) is 5.56 Å². The zero-order valence-corrected chi connectivity index (χ0v) is 14.6. The fourth-order valence-corrected chi connectivity index (χ4v) is 2.88. The Balaban J connectivity index is 2.01. The summed E-state index contributed by atoms with van der Waals surface area (Å²) in [5, 5.41) is 10.7. The Morgan fingerprint density at radius 1 is 1.08 bits per heavy atom. The van der Waals surface area contributed by atoms with Crippen LogP contribution in [0.4, 0.5) is 0 Å². The Hall–Kier alpha value is -2.88. The standard InChI is InChI=1S/C21H21NO3/c1-21(2,3)17-7-8-18-15(12-17)9-10-22(19(18)23)13-14-5-4-6-16(11-14)20(24)25/h4-12H,13H2,1-3H3,(H,24,25). The second kappa shape index (κ2) is 6.20. The van der Waals surface area contributed by atoms with Crippen molar-refractivity contribution in [1.29, 1.82) is 0 Å². The maximum absolute atomic E-state index is 12.8. The number of pyridine rings is 1. The topological polar surface area (TPSA) is 59.3 Å². The van der Waals surface area contributed by atoms with Crippen LogP contribution in [0.1, 0.15) is 42.3 Å². The van der Waals surface area contributed by atoms with Gasteiger partial charge in [-0.05, 0) is 46.2 Å². The van der Waals surface area contributed by atoms with Gasteiger partial charge in [-0.3, -0.25) is 4.79 Å². The Labute approximate surface area is 146 Å².